The van der Waals surface area contributed by atoms with Gasteiger partial charge in [-0.15, -0.1) is 0 Å². The van der Waals surface area contributed by atoms with Gasteiger partial charge in [-0.05, 0) is 30.1 Å². The van der Waals surface area contributed by atoms with Crippen LogP contribution in [0.2, 0.25) is 0 Å². The number of hydrogen-bond acceptors (Lipinski definition) is 6. The lowest BCUT2D eigenvalue weighted by atomic mass is 9.85. The molecule has 1 aliphatic carbocycles. The molecule has 0 aromatic heterocycles. The fourth-order valence-electron chi connectivity index (χ4n) is 5.75. The van der Waals surface area contributed by atoms with Crippen LogP contribution in [0.5, 0.6) is 0 Å². The Morgan fingerprint density at radius 1 is 1.27 bits per heavy atom. The lowest BCUT2D eigenvalue weighted by Gasteiger charge is -2.38. The quantitative estimate of drug-likeness (QED) is 0.359. The number of rotatable bonds is 8. The Balaban J connectivity index is 1.76. The fourth-order valence-corrected chi connectivity index (χ4v) is 5.75. The maximum atomic E-state index is 13.5. The Labute approximate surface area is 213 Å². The Bertz CT molecular complexity index is 991. The third-order valence-electron chi connectivity index (χ3n) is 7.98. The highest BCUT2D eigenvalue weighted by atomic mass is 19.4. The first-order valence-electron chi connectivity index (χ1n) is 12.3. The number of carbonyl (C=O) groups is 4. The monoisotopic (exact) mass is 529 g/mol. The van der Waals surface area contributed by atoms with Gasteiger partial charge >= 0.3 is 12.1 Å². The van der Waals surface area contributed by atoms with Crippen molar-refractivity contribution in [3.63, 3.8) is 0 Å². The van der Waals surface area contributed by atoms with E-state index in [4.69, 9.17) is 0 Å². The number of aliphatic hydroxyl groups is 1. The van der Waals surface area contributed by atoms with Crippen LogP contribution in [0.4, 0.5) is 13.2 Å². The van der Waals surface area contributed by atoms with E-state index < -0.39 is 58.8 Å². The van der Waals surface area contributed by atoms with Gasteiger partial charge in [0.05, 0.1) is 6.07 Å². The van der Waals surface area contributed by atoms with Gasteiger partial charge in [0.15, 0.2) is 0 Å². The van der Waals surface area contributed by atoms with Gasteiger partial charge in [0.1, 0.15) is 12.1 Å². The molecule has 0 bridgehead atoms. The second kappa shape index (κ2) is 10.1. The summed E-state index contributed by atoms with van der Waals surface area (Å²) in [6, 6.07) is -1.20. The molecule has 7 atom stereocenters. The topological polar surface area (TPSA) is 152 Å². The van der Waals surface area contributed by atoms with Crippen molar-refractivity contribution in [3.05, 3.63) is 0 Å². The minimum absolute atomic E-state index is 0.122. The van der Waals surface area contributed by atoms with Crippen molar-refractivity contribution in [2.75, 3.05) is 19.7 Å². The van der Waals surface area contributed by atoms with Gasteiger partial charge in [0.25, 0.3) is 0 Å². The lowest BCUT2D eigenvalue weighted by Crippen LogP contribution is -2.59. The van der Waals surface area contributed by atoms with Gasteiger partial charge in [-0.1, -0.05) is 27.7 Å². The summed E-state index contributed by atoms with van der Waals surface area (Å²) in [6.07, 6.45) is -4.72. The Morgan fingerprint density at radius 3 is 2.41 bits per heavy atom. The second-order valence-electron chi connectivity index (χ2n) is 11.6. The van der Waals surface area contributed by atoms with E-state index >= 15 is 0 Å². The molecule has 0 spiro atoms. The molecule has 3 rings (SSSR count). The Kier molecular flexibility index (Phi) is 7.84. The summed E-state index contributed by atoms with van der Waals surface area (Å²) in [7, 11) is 0. The summed E-state index contributed by atoms with van der Waals surface area (Å²) in [5, 5.41) is 26.5. The summed E-state index contributed by atoms with van der Waals surface area (Å²) >= 11 is 0. The van der Waals surface area contributed by atoms with Crippen LogP contribution in [-0.2, 0) is 19.2 Å². The van der Waals surface area contributed by atoms with Gasteiger partial charge in [0.2, 0.25) is 17.7 Å². The van der Waals surface area contributed by atoms with E-state index in [0.29, 0.717) is 13.0 Å². The number of aliphatic hydroxyl groups excluding tert-OH is 1. The standard InChI is InChI=1S/C24H34F3N5O5/c1-22(2,3)18(31-21(37)24(25,26)27)20(36)32-10-14-17(23(14,4)11-33)15(32)8-16(34)30-13(9-28)7-12-5-6-29-19(12)35/h12-15,17-18,33H,5-8,10-11H2,1-4H3,(H,29,35)(H,30,34)(H,31,37)/t12-,13-,14-,15+,17-,18+,23+/m0/s1. The maximum absolute atomic E-state index is 13.5. The van der Waals surface area contributed by atoms with E-state index in [1.165, 1.54) is 25.7 Å². The van der Waals surface area contributed by atoms with Crippen molar-refractivity contribution in [1.29, 1.82) is 5.26 Å². The summed E-state index contributed by atoms with van der Waals surface area (Å²) < 4.78 is 38.9. The van der Waals surface area contributed by atoms with Crippen LogP contribution >= 0.6 is 0 Å². The summed E-state index contributed by atoms with van der Waals surface area (Å²) in [6.45, 7) is 6.83. The van der Waals surface area contributed by atoms with E-state index in [2.05, 4.69) is 10.6 Å². The van der Waals surface area contributed by atoms with Gasteiger partial charge in [-0.25, -0.2) is 0 Å². The molecule has 4 amide bonds. The summed E-state index contributed by atoms with van der Waals surface area (Å²) in [4.78, 5) is 51.3. The van der Waals surface area contributed by atoms with Crippen LogP contribution in [0.3, 0.4) is 0 Å². The third kappa shape index (κ3) is 5.84. The minimum Gasteiger partial charge on any atom is -0.396 e. The van der Waals surface area contributed by atoms with Crippen LogP contribution in [0.15, 0.2) is 0 Å². The van der Waals surface area contributed by atoms with Gasteiger partial charge in [-0.2, -0.15) is 18.4 Å². The SMILES string of the molecule is CC(C)(C)[C@H](NC(=O)C(F)(F)F)C(=O)N1C[C@H]2[C@@H]([C@H]1CC(=O)N[C@H](C#N)C[C@@H]1CCNC1=O)[C@]2(C)CO. The third-order valence-corrected chi connectivity index (χ3v) is 7.98. The highest BCUT2D eigenvalue weighted by Gasteiger charge is 2.70. The fraction of sp³-hybridized carbons (Fsp3) is 0.792. The molecular weight excluding hydrogens is 495 g/mol. The number of nitrogens with one attached hydrogen (secondary N) is 3. The number of piperidine rings is 1. The highest BCUT2D eigenvalue weighted by molar-refractivity contribution is 5.91. The molecule has 4 N–H and O–H groups in total. The maximum Gasteiger partial charge on any atom is 0.471 e. The predicted molar refractivity (Wildman–Crippen MR) is 123 cm³/mol. The number of hydrogen-bond donors (Lipinski definition) is 4. The van der Waals surface area contributed by atoms with Crippen molar-refractivity contribution in [2.24, 2.45) is 28.6 Å². The number of amides is 4. The molecule has 2 saturated heterocycles. The number of nitriles is 1. The zero-order chi connectivity index (χ0) is 27.9. The first-order chi connectivity index (χ1) is 17.0. The van der Waals surface area contributed by atoms with Crippen LogP contribution < -0.4 is 16.0 Å². The zero-order valence-electron chi connectivity index (χ0n) is 21.3. The zero-order valence-corrected chi connectivity index (χ0v) is 21.3. The lowest BCUT2D eigenvalue weighted by molar-refractivity contribution is -0.176. The van der Waals surface area contributed by atoms with E-state index in [0.717, 1.165) is 0 Å². The smallest absolute Gasteiger partial charge is 0.396 e. The van der Waals surface area contributed by atoms with Crippen LogP contribution in [0.1, 0.15) is 47.0 Å². The van der Waals surface area contributed by atoms with E-state index in [1.54, 1.807) is 0 Å². The number of nitrogens with zero attached hydrogens (tertiary/aromatic N) is 2. The van der Waals surface area contributed by atoms with E-state index in [9.17, 15) is 42.7 Å². The van der Waals surface area contributed by atoms with Crippen LogP contribution in [-0.4, -0.2) is 77.6 Å². The molecule has 10 nitrogen and oxygen atoms in total. The second-order valence-corrected chi connectivity index (χ2v) is 11.6. The van der Waals surface area contributed by atoms with Crippen LogP contribution in [0, 0.1) is 39.9 Å². The highest BCUT2D eigenvalue weighted by Crippen LogP contribution is 2.65. The number of alkyl halides is 3. The number of fused-ring (bicyclic) bond motifs is 1. The predicted octanol–water partition coefficient (Wildman–Crippen LogP) is 0.460. The molecule has 0 aromatic carbocycles. The van der Waals surface area contributed by atoms with Gasteiger partial charge in [0, 0.05) is 43.5 Å². The van der Waals surface area contributed by atoms with Crippen molar-refractivity contribution in [1.82, 2.24) is 20.9 Å². The summed E-state index contributed by atoms with van der Waals surface area (Å²) in [5.74, 6) is -4.53. The Morgan fingerprint density at radius 2 is 1.92 bits per heavy atom. The molecule has 0 radical (unpaired) electrons. The first kappa shape index (κ1) is 28.7. The largest absolute Gasteiger partial charge is 0.471 e. The normalized spacial score (nSPS) is 30.6. The van der Waals surface area contributed by atoms with Crippen LogP contribution in [0.25, 0.3) is 0 Å². The molecule has 3 aliphatic rings. The van der Waals surface area contributed by atoms with Crippen molar-refractivity contribution in [3.8, 4) is 6.07 Å². The molecule has 3 fully saturated rings. The average Bonchev–Trinajstić information content (AvgIpc) is 3.05. The molecule has 2 heterocycles. The van der Waals surface area contributed by atoms with Crippen molar-refractivity contribution < 1.29 is 37.5 Å². The molecule has 2 aliphatic heterocycles. The number of carbonyl (C=O) groups excluding carboxylic acids is 4. The molecule has 0 unspecified atom stereocenters. The molecule has 1 saturated carbocycles. The number of halogens is 3. The minimum atomic E-state index is -5.17. The van der Waals surface area contributed by atoms with Crippen molar-refractivity contribution in [2.45, 2.75) is 71.3 Å². The molecular formula is C24H34F3N5O5. The van der Waals surface area contributed by atoms with Crippen molar-refractivity contribution >= 4 is 23.6 Å². The van der Waals surface area contributed by atoms with Gasteiger partial charge in [-0.3, -0.25) is 19.2 Å². The van der Waals surface area contributed by atoms with Gasteiger partial charge < -0.3 is 26.0 Å². The first-order valence-corrected chi connectivity index (χ1v) is 12.3. The summed E-state index contributed by atoms with van der Waals surface area (Å²) in [5.41, 5.74) is -1.61. The average molecular weight is 530 g/mol. The molecule has 0 aromatic rings. The molecule has 37 heavy (non-hydrogen) atoms. The molecule has 13 heteroatoms. The Hall–Kier alpha value is -2.88. The molecule has 206 valence electrons. The van der Waals surface area contributed by atoms with E-state index in [1.807, 2.05) is 18.3 Å². The van der Waals surface area contributed by atoms with E-state index in [-0.39, 0.29) is 43.7 Å². The number of likely N-dealkylation sites (tertiary alicyclic amines) is 1.